The fourth-order valence-electron chi connectivity index (χ4n) is 3.33. The van der Waals surface area contributed by atoms with E-state index in [1.54, 1.807) is 31.4 Å². The third-order valence-corrected chi connectivity index (χ3v) is 4.88. The lowest BCUT2D eigenvalue weighted by Crippen LogP contribution is -2.31. The summed E-state index contributed by atoms with van der Waals surface area (Å²) in [4.78, 5) is 26.2. The van der Waals surface area contributed by atoms with Crippen LogP contribution in [0.4, 0.5) is 0 Å². The minimum absolute atomic E-state index is 0.203. The topological polar surface area (TPSA) is 46.6 Å². The van der Waals surface area contributed by atoms with Gasteiger partial charge in [-0.2, -0.15) is 0 Å². The number of methoxy groups -OCH3 is 1. The summed E-state index contributed by atoms with van der Waals surface area (Å²) >= 11 is 0. The molecule has 0 atom stereocenters. The fourth-order valence-corrected chi connectivity index (χ4v) is 3.33. The maximum atomic E-state index is 12.4. The highest BCUT2D eigenvalue weighted by molar-refractivity contribution is 6.21. The Hall–Kier alpha value is -3.40. The second-order valence-electron chi connectivity index (χ2n) is 6.48. The van der Waals surface area contributed by atoms with Gasteiger partial charge in [-0.3, -0.25) is 14.5 Å². The van der Waals surface area contributed by atoms with Crippen molar-refractivity contribution in [2.24, 2.45) is 0 Å². The molecule has 1 aliphatic heterocycles. The first kappa shape index (κ1) is 17.0. The maximum absolute atomic E-state index is 12.4. The monoisotopic (exact) mass is 357 g/mol. The lowest BCUT2D eigenvalue weighted by molar-refractivity contribution is 0.0656. The van der Waals surface area contributed by atoms with E-state index in [0.29, 0.717) is 24.1 Å². The van der Waals surface area contributed by atoms with Crippen molar-refractivity contribution in [1.29, 1.82) is 0 Å². The van der Waals surface area contributed by atoms with Crippen LogP contribution in [-0.4, -0.2) is 30.4 Å². The second-order valence-corrected chi connectivity index (χ2v) is 6.48. The predicted octanol–water partition coefficient (Wildman–Crippen LogP) is 4.20. The number of carbonyl (C=O) groups is 2. The molecule has 1 heterocycles. The average Bonchev–Trinajstić information content (AvgIpc) is 2.97. The summed E-state index contributed by atoms with van der Waals surface area (Å²) in [5, 5.41) is 0. The van der Waals surface area contributed by atoms with E-state index in [2.05, 4.69) is 12.1 Å². The molecule has 0 saturated carbocycles. The molecule has 4 rings (SSSR count). The van der Waals surface area contributed by atoms with Crippen LogP contribution in [0, 0.1) is 0 Å². The number of fused-ring (bicyclic) bond motifs is 1. The summed E-state index contributed by atoms with van der Waals surface area (Å²) in [6, 6.07) is 23.1. The summed E-state index contributed by atoms with van der Waals surface area (Å²) in [6.07, 6.45) is 0.633. The molecule has 134 valence electrons. The summed E-state index contributed by atoms with van der Waals surface area (Å²) in [5.41, 5.74) is 4.31. The van der Waals surface area contributed by atoms with E-state index in [9.17, 15) is 9.59 Å². The molecule has 0 N–H and O–H groups in total. The molecular weight excluding hydrogens is 338 g/mol. The van der Waals surface area contributed by atoms with Gasteiger partial charge >= 0.3 is 0 Å². The highest BCUT2D eigenvalue weighted by Crippen LogP contribution is 2.24. The summed E-state index contributed by atoms with van der Waals surface area (Å²) in [6.45, 7) is 0.383. The van der Waals surface area contributed by atoms with Crippen LogP contribution in [0.2, 0.25) is 0 Å². The molecule has 0 fully saturated rings. The zero-order valence-electron chi connectivity index (χ0n) is 15.0. The van der Waals surface area contributed by atoms with Gasteiger partial charge in [0.2, 0.25) is 0 Å². The molecule has 0 saturated heterocycles. The first-order chi connectivity index (χ1) is 13.2. The zero-order chi connectivity index (χ0) is 18.8. The smallest absolute Gasteiger partial charge is 0.261 e. The molecule has 0 bridgehead atoms. The van der Waals surface area contributed by atoms with Crippen molar-refractivity contribution in [3.63, 3.8) is 0 Å². The number of benzene rings is 3. The fraction of sp³-hybridized carbons (Fsp3) is 0.130. The van der Waals surface area contributed by atoms with Crippen molar-refractivity contribution in [3.8, 4) is 16.9 Å². The van der Waals surface area contributed by atoms with Crippen molar-refractivity contribution in [3.05, 3.63) is 89.5 Å². The van der Waals surface area contributed by atoms with Crippen molar-refractivity contribution >= 4 is 11.8 Å². The quantitative estimate of drug-likeness (QED) is 0.643. The molecular formula is C23H19NO3. The number of hydrogen-bond donors (Lipinski definition) is 0. The Labute approximate surface area is 158 Å². The molecule has 0 aliphatic carbocycles. The Kier molecular flexibility index (Phi) is 4.47. The number of carbonyl (C=O) groups excluding carboxylic acids is 2. The van der Waals surface area contributed by atoms with E-state index in [0.717, 1.165) is 22.4 Å². The third-order valence-electron chi connectivity index (χ3n) is 4.88. The van der Waals surface area contributed by atoms with E-state index < -0.39 is 0 Å². The van der Waals surface area contributed by atoms with Gasteiger partial charge in [0.15, 0.2) is 0 Å². The molecule has 0 spiro atoms. The van der Waals surface area contributed by atoms with E-state index in [-0.39, 0.29) is 11.8 Å². The summed E-state index contributed by atoms with van der Waals surface area (Å²) in [5.74, 6) is 0.423. The van der Waals surface area contributed by atoms with Crippen molar-refractivity contribution in [1.82, 2.24) is 4.90 Å². The molecule has 3 aromatic rings. The molecule has 0 radical (unpaired) electrons. The predicted molar refractivity (Wildman–Crippen MR) is 104 cm³/mol. The Morgan fingerprint density at radius 2 is 1.26 bits per heavy atom. The van der Waals surface area contributed by atoms with Crippen LogP contribution in [-0.2, 0) is 6.42 Å². The van der Waals surface area contributed by atoms with Crippen LogP contribution in [0.5, 0.6) is 5.75 Å². The number of nitrogens with zero attached hydrogens (tertiary/aromatic N) is 1. The van der Waals surface area contributed by atoms with Crippen LogP contribution in [0.1, 0.15) is 26.3 Å². The van der Waals surface area contributed by atoms with Crippen molar-refractivity contribution < 1.29 is 14.3 Å². The molecule has 4 nitrogen and oxygen atoms in total. The van der Waals surface area contributed by atoms with Gasteiger partial charge in [-0.25, -0.2) is 0 Å². The third kappa shape index (κ3) is 3.22. The number of hydrogen-bond acceptors (Lipinski definition) is 3. The molecule has 3 aromatic carbocycles. The van der Waals surface area contributed by atoms with Crippen molar-refractivity contribution in [2.75, 3.05) is 13.7 Å². The van der Waals surface area contributed by atoms with Crippen LogP contribution >= 0.6 is 0 Å². The normalized spacial score (nSPS) is 13.0. The highest BCUT2D eigenvalue weighted by atomic mass is 16.5. The Morgan fingerprint density at radius 1 is 0.741 bits per heavy atom. The van der Waals surface area contributed by atoms with Crippen LogP contribution in [0.3, 0.4) is 0 Å². The number of ether oxygens (including phenoxy) is 1. The molecule has 1 aliphatic rings. The molecule has 0 unspecified atom stereocenters. The lowest BCUT2D eigenvalue weighted by atomic mass is 10.0. The average molecular weight is 357 g/mol. The number of rotatable bonds is 5. The lowest BCUT2D eigenvalue weighted by Gasteiger charge is -2.14. The van der Waals surface area contributed by atoms with E-state index in [4.69, 9.17) is 4.74 Å². The second kappa shape index (κ2) is 7.08. The highest BCUT2D eigenvalue weighted by Gasteiger charge is 2.34. The van der Waals surface area contributed by atoms with Gasteiger partial charge < -0.3 is 4.74 Å². The zero-order valence-corrected chi connectivity index (χ0v) is 15.0. The van der Waals surface area contributed by atoms with Gasteiger partial charge in [0.25, 0.3) is 11.8 Å². The van der Waals surface area contributed by atoms with Gasteiger partial charge in [0, 0.05) is 6.54 Å². The Bertz CT molecular complexity index is 956. The first-order valence-corrected chi connectivity index (χ1v) is 8.86. The number of amides is 2. The van der Waals surface area contributed by atoms with Crippen LogP contribution < -0.4 is 4.74 Å². The summed E-state index contributed by atoms with van der Waals surface area (Å²) < 4.78 is 5.19. The molecule has 4 heteroatoms. The van der Waals surface area contributed by atoms with Crippen LogP contribution in [0.25, 0.3) is 11.1 Å². The van der Waals surface area contributed by atoms with E-state index in [1.807, 2.05) is 36.4 Å². The van der Waals surface area contributed by atoms with E-state index >= 15 is 0 Å². The Morgan fingerprint density at radius 3 is 1.78 bits per heavy atom. The van der Waals surface area contributed by atoms with Gasteiger partial charge in [-0.15, -0.1) is 0 Å². The molecule has 2 amide bonds. The SMILES string of the molecule is COc1ccc(-c2ccc(CCN3C(=O)c4ccccc4C3=O)cc2)cc1. The largest absolute Gasteiger partial charge is 0.497 e. The van der Waals surface area contributed by atoms with Gasteiger partial charge in [0.1, 0.15) is 5.75 Å². The standard InChI is InChI=1S/C23H19NO3/c1-27-19-12-10-18(11-13-19)17-8-6-16(7-9-17)14-15-24-22(25)20-4-2-3-5-21(20)23(24)26/h2-13H,14-15H2,1H3. The van der Waals surface area contributed by atoms with Gasteiger partial charge in [-0.1, -0.05) is 48.5 Å². The maximum Gasteiger partial charge on any atom is 0.261 e. The molecule has 0 aromatic heterocycles. The molecule has 27 heavy (non-hydrogen) atoms. The van der Waals surface area contributed by atoms with Crippen molar-refractivity contribution in [2.45, 2.75) is 6.42 Å². The minimum Gasteiger partial charge on any atom is -0.497 e. The Balaban J connectivity index is 1.44. The van der Waals surface area contributed by atoms with Gasteiger partial charge in [0.05, 0.1) is 18.2 Å². The summed E-state index contributed by atoms with van der Waals surface area (Å²) in [7, 11) is 1.65. The first-order valence-electron chi connectivity index (χ1n) is 8.86. The number of imide groups is 1. The van der Waals surface area contributed by atoms with Gasteiger partial charge in [-0.05, 0) is 47.4 Å². The minimum atomic E-state index is -0.203. The van der Waals surface area contributed by atoms with Crippen LogP contribution in [0.15, 0.2) is 72.8 Å². The van der Waals surface area contributed by atoms with E-state index in [1.165, 1.54) is 4.90 Å².